The van der Waals surface area contributed by atoms with E-state index in [0.717, 1.165) is 5.69 Å². The van der Waals surface area contributed by atoms with Crippen LogP contribution < -0.4 is 5.56 Å². The molecule has 0 atom stereocenters. The maximum Gasteiger partial charge on any atom is 0.299 e. The molecule has 0 aliphatic heterocycles. The van der Waals surface area contributed by atoms with Crippen molar-refractivity contribution in [3.8, 4) is 11.4 Å². The normalized spacial score (nSPS) is 11.5. The Hall–Kier alpha value is -3.16. The fourth-order valence-corrected chi connectivity index (χ4v) is 3.48. The number of nitrogens with zero attached hydrogens (tertiary/aromatic N) is 6. The Morgan fingerprint density at radius 1 is 1.00 bits per heavy atom. The Bertz CT molecular complexity index is 1320. The highest BCUT2D eigenvalue weighted by atomic mass is 35.5. The SMILES string of the molecule is Cc1nn(-c2cc(Cl)ccc2Cl)cc1N=Nc1c(C)n(C)n(-c2ccccc2)c1=O. The number of benzene rings is 2. The van der Waals surface area contributed by atoms with Gasteiger partial charge in [0.15, 0.2) is 5.69 Å². The third kappa shape index (κ3) is 3.58. The zero-order valence-corrected chi connectivity index (χ0v) is 18.1. The molecule has 0 spiro atoms. The van der Waals surface area contributed by atoms with Crippen LogP contribution in [0.15, 0.2) is 69.8 Å². The van der Waals surface area contributed by atoms with Gasteiger partial charge in [-0.15, -0.1) is 10.2 Å². The highest BCUT2D eigenvalue weighted by Crippen LogP contribution is 2.28. The molecule has 0 bridgehead atoms. The highest BCUT2D eigenvalue weighted by molar-refractivity contribution is 6.34. The molecule has 0 unspecified atom stereocenters. The number of halogens is 2. The van der Waals surface area contributed by atoms with Gasteiger partial charge in [0.05, 0.1) is 34.0 Å². The standard InChI is InChI=1S/C21H18Cl2N6O/c1-13-18(12-28(26-13)19-11-15(22)9-10-17(19)23)24-25-20-14(2)27(3)29(21(20)30)16-7-5-4-6-8-16/h4-12H,1-3H3. The first-order chi connectivity index (χ1) is 14.4. The maximum atomic E-state index is 13.0. The Labute approximate surface area is 182 Å². The lowest BCUT2D eigenvalue weighted by Gasteiger charge is -2.07. The van der Waals surface area contributed by atoms with E-state index in [1.807, 2.05) is 51.2 Å². The molecule has 0 aliphatic rings. The van der Waals surface area contributed by atoms with E-state index < -0.39 is 0 Å². The van der Waals surface area contributed by atoms with Crippen molar-refractivity contribution in [2.45, 2.75) is 13.8 Å². The number of aryl methyl sites for hydroxylation is 1. The smallest absolute Gasteiger partial charge is 0.283 e. The molecule has 7 nitrogen and oxygen atoms in total. The van der Waals surface area contributed by atoms with Gasteiger partial charge in [0.2, 0.25) is 0 Å². The number of azo groups is 1. The van der Waals surface area contributed by atoms with Crippen molar-refractivity contribution in [3.63, 3.8) is 0 Å². The summed E-state index contributed by atoms with van der Waals surface area (Å²) in [7, 11) is 1.81. The molecule has 0 aliphatic carbocycles. The van der Waals surface area contributed by atoms with Crippen LogP contribution in [0.2, 0.25) is 10.0 Å². The number of hydrogen-bond acceptors (Lipinski definition) is 4. The van der Waals surface area contributed by atoms with E-state index >= 15 is 0 Å². The van der Waals surface area contributed by atoms with Gasteiger partial charge >= 0.3 is 0 Å². The van der Waals surface area contributed by atoms with E-state index in [2.05, 4.69) is 15.3 Å². The molecule has 0 amide bonds. The van der Waals surface area contributed by atoms with Gasteiger partial charge < -0.3 is 0 Å². The number of aromatic nitrogens is 4. The highest BCUT2D eigenvalue weighted by Gasteiger charge is 2.16. The first kappa shape index (κ1) is 20.1. The summed E-state index contributed by atoms with van der Waals surface area (Å²) in [6.07, 6.45) is 1.70. The van der Waals surface area contributed by atoms with Crippen LogP contribution in [0.4, 0.5) is 11.4 Å². The summed E-state index contributed by atoms with van der Waals surface area (Å²) in [6, 6.07) is 14.5. The topological polar surface area (TPSA) is 69.5 Å². The second-order valence-corrected chi connectivity index (χ2v) is 7.59. The van der Waals surface area contributed by atoms with Crippen LogP contribution in [0, 0.1) is 13.8 Å². The second kappa shape index (κ2) is 7.93. The summed E-state index contributed by atoms with van der Waals surface area (Å²) in [6.45, 7) is 3.64. The quantitative estimate of drug-likeness (QED) is 0.381. The average Bonchev–Trinajstić information content (AvgIpc) is 3.20. The summed E-state index contributed by atoms with van der Waals surface area (Å²) < 4.78 is 4.91. The van der Waals surface area contributed by atoms with Gasteiger partial charge in [-0.2, -0.15) is 5.10 Å². The van der Waals surface area contributed by atoms with Crippen molar-refractivity contribution in [1.29, 1.82) is 0 Å². The molecular weight excluding hydrogens is 423 g/mol. The van der Waals surface area contributed by atoms with Crippen LogP contribution in [-0.2, 0) is 7.05 Å². The van der Waals surface area contributed by atoms with E-state index in [9.17, 15) is 4.79 Å². The fourth-order valence-electron chi connectivity index (χ4n) is 3.11. The third-order valence-electron chi connectivity index (χ3n) is 4.81. The lowest BCUT2D eigenvalue weighted by Crippen LogP contribution is -2.19. The van der Waals surface area contributed by atoms with Crippen molar-refractivity contribution in [1.82, 2.24) is 19.1 Å². The summed E-state index contributed by atoms with van der Waals surface area (Å²) in [5.74, 6) is 0. The molecule has 4 aromatic rings. The van der Waals surface area contributed by atoms with Crippen LogP contribution >= 0.6 is 23.2 Å². The Morgan fingerprint density at radius 2 is 1.73 bits per heavy atom. The molecule has 2 aromatic heterocycles. The minimum absolute atomic E-state index is 0.243. The second-order valence-electron chi connectivity index (χ2n) is 6.75. The largest absolute Gasteiger partial charge is 0.299 e. The minimum atomic E-state index is -0.243. The molecule has 30 heavy (non-hydrogen) atoms. The first-order valence-corrected chi connectivity index (χ1v) is 9.90. The zero-order valence-electron chi connectivity index (χ0n) is 16.5. The molecule has 152 valence electrons. The Morgan fingerprint density at radius 3 is 2.47 bits per heavy atom. The zero-order chi connectivity index (χ0) is 21.4. The third-order valence-corrected chi connectivity index (χ3v) is 5.36. The molecule has 4 rings (SSSR count). The molecule has 0 N–H and O–H groups in total. The van der Waals surface area contributed by atoms with Crippen LogP contribution in [0.3, 0.4) is 0 Å². The van der Waals surface area contributed by atoms with Gasteiger partial charge in [-0.05, 0) is 44.2 Å². The summed E-state index contributed by atoms with van der Waals surface area (Å²) in [4.78, 5) is 13.0. The monoisotopic (exact) mass is 440 g/mol. The number of para-hydroxylation sites is 1. The van der Waals surface area contributed by atoms with Crippen LogP contribution in [0.1, 0.15) is 11.4 Å². The van der Waals surface area contributed by atoms with Gasteiger partial charge in [-0.25, -0.2) is 9.36 Å². The summed E-state index contributed by atoms with van der Waals surface area (Å²) in [5.41, 5.74) is 3.30. The minimum Gasteiger partial charge on any atom is -0.283 e. The van der Waals surface area contributed by atoms with Crippen LogP contribution in [0.25, 0.3) is 11.4 Å². The van der Waals surface area contributed by atoms with Crippen molar-refractivity contribution in [2.24, 2.45) is 17.3 Å². The predicted octanol–water partition coefficient (Wildman–Crippen LogP) is 5.70. The van der Waals surface area contributed by atoms with Gasteiger partial charge in [0.1, 0.15) is 5.69 Å². The average molecular weight is 441 g/mol. The molecule has 9 heteroatoms. The number of rotatable bonds is 4. The van der Waals surface area contributed by atoms with E-state index in [1.165, 1.54) is 0 Å². The predicted molar refractivity (Wildman–Crippen MR) is 118 cm³/mol. The molecule has 0 saturated heterocycles. The van der Waals surface area contributed by atoms with Crippen molar-refractivity contribution in [2.75, 3.05) is 0 Å². The maximum absolute atomic E-state index is 13.0. The van der Waals surface area contributed by atoms with E-state index in [0.29, 0.717) is 32.8 Å². The molecule has 0 fully saturated rings. The van der Waals surface area contributed by atoms with Crippen LogP contribution in [0.5, 0.6) is 0 Å². The van der Waals surface area contributed by atoms with E-state index in [1.54, 1.807) is 38.4 Å². The lowest BCUT2D eigenvalue weighted by molar-refractivity contribution is 0.630. The molecule has 2 aromatic carbocycles. The Balaban J connectivity index is 1.73. The van der Waals surface area contributed by atoms with Crippen molar-refractivity contribution >= 4 is 34.6 Å². The molecular formula is C21H18Cl2N6O. The van der Waals surface area contributed by atoms with E-state index in [4.69, 9.17) is 23.2 Å². The summed E-state index contributed by atoms with van der Waals surface area (Å²) in [5, 5.41) is 14.0. The molecule has 0 radical (unpaired) electrons. The lowest BCUT2D eigenvalue weighted by atomic mass is 10.3. The van der Waals surface area contributed by atoms with E-state index in [-0.39, 0.29) is 11.2 Å². The summed E-state index contributed by atoms with van der Waals surface area (Å²) >= 11 is 12.3. The van der Waals surface area contributed by atoms with Crippen molar-refractivity contribution in [3.05, 3.63) is 86.5 Å². The molecule has 0 saturated carbocycles. The van der Waals surface area contributed by atoms with Gasteiger partial charge in [-0.3, -0.25) is 9.48 Å². The molecule has 2 heterocycles. The first-order valence-electron chi connectivity index (χ1n) is 9.14. The number of hydrogen-bond donors (Lipinski definition) is 0. The van der Waals surface area contributed by atoms with Gasteiger partial charge in [-0.1, -0.05) is 41.4 Å². The van der Waals surface area contributed by atoms with Gasteiger partial charge in [0, 0.05) is 12.1 Å². The Kier molecular flexibility index (Phi) is 5.32. The van der Waals surface area contributed by atoms with Crippen LogP contribution in [-0.4, -0.2) is 19.1 Å². The van der Waals surface area contributed by atoms with Crippen molar-refractivity contribution < 1.29 is 0 Å². The fraction of sp³-hybridized carbons (Fsp3) is 0.143. The van der Waals surface area contributed by atoms with Gasteiger partial charge in [0.25, 0.3) is 5.56 Å².